The van der Waals surface area contributed by atoms with E-state index in [-0.39, 0.29) is 0 Å². The lowest BCUT2D eigenvalue weighted by atomic mass is 10.1. The standard InChI is InChI=1S/C18H34NO5P/c1-2-3-4-5-6-7-8-9-10-11-12-13-14-15-18(20)17(19)16-24-25(21,22)23/h1,14-15,17-18,20H,3-13,16,19H2,(H2,21,22,23). The van der Waals surface area contributed by atoms with E-state index in [1.54, 1.807) is 6.08 Å². The van der Waals surface area contributed by atoms with Crippen LogP contribution in [0.1, 0.15) is 70.6 Å². The van der Waals surface area contributed by atoms with Gasteiger partial charge in [0.05, 0.1) is 18.8 Å². The van der Waals surface area contributed by atoms with Crippen molar-refractivity contribution in [2.75, 3.05) is 6.61 Å². The van der Waals surface area contributed by atoms with Crippen molar-refractivity contribution < 1.29 is 24.0 Å². The minimum atomic E-state index is -4.54. The molecular weight excluding hydrogens is 341 g/mol. The monoisotopic (exact) mass is 375 g/mol. The largest absolute Gasteiger partial charge is 0.469 e. The van der Waals surface area contributed by atoms with E-state index in [0.717, 1.165) is 32.1 Å². The van der Waals surface area contributed by atoms with Gasteiger partial charge in [-0.15, -0.1) is 12.3 Å². The molecule has 2 atom stereocenters. The molecule has 0 aromatic rings. The first-order valence-corrected chi connectivity index (χ1v) is 10.6. The van der Waals surface area contributed by atoms with E-state index in [0.29, 0.717) is 0 Å². The molecule has 0 aliphatic carbocycles. The van der Waals surface area contributed by atoms with E-state index in [1.807, 2.05) is 6.08 Å². The van der Waals surface area contributed by atoms with Crippen LogP contribution in [-0.2, 0) is 9.09 Å². The maximum Gasteiger partial charge on any atom is 0.469 e. The van der Waals surface area contributed by atoms with Crippen LogP contribution in [0.2, 0.25) is 0 Å². The van der Waals surface area contributed by atoms with E-state index in [1.165, 1.54) is 38.5 Å². The van der Waals surface area contributed by atoms with Crippen LogP contribution in [0.15, 0.2) is 12.2 Å². The lowest BCUT2D eigenvalue weighted by molar-refractivity contribution is 0.129. The quantitative estimate of drug-likeness (QED) is 0.143. The molecule has 5 N–H and O–H groups in total. The highest BCUT2D eigenvalue weighted by atomic mass is 31.2. The van der Waals surface area contributed by atoms with Gasteiger partial charge >= 0.3 is 7.82 Å². The zero-order valence-corrected chi connectivity index (χ0v) is 15.9. The third-order valence-corrected chi connectivity index (χ3v) is 4.38. The number of phosphoric acid groups is 1. The Morgan fingerprint density at radius 2 is 1.56 bits per heavy atom. The third kappa shape index (κ3) is 17.9. The summed E-state index contributed by atoms with van der Waals surface area (Å²) in [5, 5.41) is 9.74. The SMILES string of the molecule is C#CCCCCCCCCCCCC=CC(O)C(N)COP(=O)(O)O. The van der Waals surface area contributed by atoms with Crippen LogP contribution >= 0.6 is 7.82 Å². The number of hydrogen-bond acceptors (Lipinski definition) is 4. The topological polar surface area (TPSA) is 113 Å². The Morgan fingerprint density at radius 3 is 2.08 bits per heavy atom. The van der Waals surface area contributed by atoms with E-state index >= 15 is 0 Å². The Bertz CT molecular complexity index is 430. The molecule has 0 aliphatic rings. The van der Waals surface area contributed by atoms with Crippen molar-refractivity contribution in [3.63, 3.8) is 0 Å². The summed E-state index contributed by atoms with van der Waals surface area (Å²) < 4.78 is 14.8. The first-order valence-electron chi connectivity index (χ1n) is 9.10. The van der Waals surface area contributed by atoms with Gasteiger partial charge in [0.15, 0.2) is 0 Å². The molecule has 0 radical (unpaired) electrons. The van der Waals surface area contributed by atoms with Gasteiger partial charge < -0.3 is 20.6 Å². The Kier molecular flexibility index (Phi) is 15.2. The maximum atomic E-state index is 10.6. The first-order chi connectivity index (χ1) is 11.9. The number of aliphatic hydroxyl groups excluding tert-OH is 1. The van der Waals surface area contributed by atoms with Gasteiger partial charge in [0.2, 0.25) is 0 Å². The molecule has 0 rings (SSSR count). The van der Waals surface area contributed by atoms with Crippen molar-refractivity contribution in [1.82, 2.24) is 0 Å². The summed E-state index contributed by atoms with van der Waals surface area (Å²) in [5.74, 6) is 2.66. The average molecular weight is 375 g/mol. The lowest BCUT2D eigenvalue weighted by Crippen LogP contribution is -2.37. The number of hydrogen-bond donors (Lipinski definition) is 4. The Labute approximate surface area is 152 Å². The highest BCUT2D eigenvalue weighted by molar-refractivity contribution is 7.46. The second kappa shape index (κ2) is 15.6. The summed E-state index contributed by atoms with van der Waals surface area (Å²) in [7, 11) is -4.54. The van der Waals surface area contributed by atoms with Crippen LogP contribution in [0.25, 0.3) is 0 Å². The van der Waals surface area contributed by atoms with E-state index in [2.05, 4.69) is 10.4 Å². The van der Waals surface area contributed by atoms with Crippen LogP contribution in [-0.4, -0.2) is 33.6 Å². The zero-order chi connectivity index (χ0) is 19.0. The number of phosphoric ester groups is 1. The fourth-order valence-electron chi connectivity index (χ4n) is 2.39. The Balaban J connectivity index is 3.47. The number of aliphatic hydroxyl groups is 1. The van der Waals surface area contributed by atoms with Crippen LogP contribution in [0.4, 0.5) is 0 Å². The Morgan fingerprint density at radius 1 is 1.04 bits per heavy atom. The third-order valence-electron chi connectivity index (χ3n) is 3.90. The molecule has 0 amide bonds. The zero-order valence-electron chi connectivity index (χ0n) is 15.1. The van der Waals surface area contributed by atoms with Crippen molar-refractivity contribution >= 4 is 7.82 Å². The second-order valence-electron chi connectivity index (χ2n) is 6.29. The van der Waals surface area contributed by atoms with Gasteiger partial charge in [0.1, 0.15) is 0 Å². The molecule has 25 heavy (non-hydrogen) atoms. The van der Waals surface area contributed by atoms with Crippen LogP contribution in [0.3, 0.4) is 0 Å². The number of rotatable bonds is 16. The number of terminal acetylenes is 1. The van der Waals surface area contributed by atoms with Crippen molar-refractivity contribution in [3.05, 3.63) is 12.2 Å². The number of nitrogens with two attached hydrogens (primary N) is 1. The van der Waals surface area contributed by atoms with Crippen LogP contribution in [0, 0.1) is 12.3 Å². The van der Waals surface area contributed by atoms with Gasteiger partial charge in [-0.05, 0) is 19.3 Å². The molecular formula is C18H34NO5P. The molecule has 0 saturated heterocycles. The van der Waals surface area contributed by atoms with Crippen molar-refractivity contribution in [2.24, 2.45) is 5.73 Å². The molecule has 0 heterocycles. The summed E-state index contributed by atoms with van der Waals surface area (Å²) in [4.78, 5) is 17.1. The van der Waals surface area contributed by atoms with Gasteiger partial charge in [-0.3, -0.25) is 4.52 Å². The number of allylic oxidation sites excluding steroid dienone is 1. The Hall–Kier alpha value is -0.670. The summed E-state index contributed by atoms with van der Waals surface area (Å²) in [6.45, 7) is -0.390. The molecule has 0 bridgehead atoms. The van der Waals surface area contributed by atoms with Gasteiger partial charge in [-0.2, -0.15) is 0 Å². The van der Waals surface area contributed by atoms with Crippen LogP contribution in [0.5, 0.6) is 0 Å². The fraction of sp³-hybridized carbons (Fsp3) is 0.778. The molecule has 0 aliphatic heterocycles. The summed E-state index contributed by atoms with van der Waals surface area (Å²) in [6.07, 6.45) is 20.3. The smallest absolute Gasteiger partial charge is 0.387 e. The summed E-state index contributed by atoms with van der Waals surface area (Å²) in [5.41, 5.74) is 5.59. The first kappa shape index (κ1) is 24.3. The van der Waals surface area contributed by atoms with E-state index in [4.69, 9.17) is 21.9 Å². The van der Waals surface area contributed by atoms with Gasteiger partial charge in [0.25, 0.3) is 0 Å². The van der Waals surface area contributed by atoms with Crippen molar-refractivity contribution in [1.29, 1.82) is 0 Å². The second-order valence-corrected chi connectivity index (χ2v) is 7.53. The molecule has 0 aromatic heterocycles. The van der Waals surface area contributed by atoms with Gasteiger partial charge in [-0.1, -0.05) is 57.1 Å². The average Bonchev–Trinajstić information content (AvgIpc) is 2.56. The minimum absolute atomic E-state index is 0.390. The molecule has 0 aromatic carbocycles. The lowest BCUT2D eigenvalue weighted by Gasteiger charge is -2.15. The normalized spacial score (nSPS) is 14.5. The molecule has 146 valence electrons. The summed E-state index contributed by atoms with van der Waals surface area (Å²) in [6, 6.07) is -0.857. The molecule has 7 heteroatoms. The van der Waals surface area contributed by atoms with E-state index in [9.17, 15) is 9.67 Å². The molecule has 0 saturated carbocycles. The molecule has 6 nitrogen and oxygen atoms in total. The van der Waals surface area contributed by atoms with Crippen molar-refractivity contribution in [3.8, 4) is 12.3 Å². The predicted molar refractivity (Wildman–Crippen MR) is 101 cm³/mol. The maximum absolute atomic E-state index is 10.6. The number of unbranched alkanes of at least 4 members (excludes halogenated alkanes) is 10. The highest BCUT2D eigenvalue weighted by Crippen LogP contribution is 2.35. The fourth-order valence-corrected chi connectivity index (χ4v) is 2.75. The minimum Gasteiger partial charge on any atom is -0.387 e. The highest BCUT2D eigenvalue weighted by Gasteiger charge is 2.19. The van der Waals surface area contributed by atoms with E-state index < -0.39 is 26.6 Å². The molecule has 2 unspecified atom stereocenters. The molecule has 0 fully saturated rings. The van der Waals surface area contributed by atoms with Gasteiger partial charge in [-0.25, -0.2) is 4.57 Å². The molecule has 0 spiro atoms. The van der Waals surface area contributed by atoms with Crippen molar-refractivity contribution in [2.45, 2.75) is 82.8 Å². The predicted octanol–water partition coefficient (Wildman–Crippen LogP) is 3.26. The summed E-state index contributed by atoms with van der Waals surface area (Å²) >= 11 is 0. The van der Waals surface area contributed by atoms with Crippen LogP contribution < -0.4 is 5.73 Å². The van der Waals surface area contributed by atoms with Gasteiger partial charge in [0, 0.05) is 6.42 Å².